The molecule has 0 aliphatic heterocycles. The lowest BCUT2D eigenvalue weighted by Gasteiger charge is -2.28. The Morgan fingerprint density at radius 3 is 2.26 bits per heavy atom. The van der Waals surface area contributed by atoms with E-state index in [1.165, 1.54) is 6.07 Å². The number of alkyl halides is 3. The first-order chi connectivity index (χ1) is 8.82. The first-order valence-corrected chi connectivity index (χ1v) is 6.15. The van der Waals surface area contributed by atoms with E-state index in [2.05, 4.69) is 0 Å². The summed E-state index contributed by atoms with van der Waals surface area (Å²) >= 11 is 0. The van der Waals surface area contributed by atoms with Gasteiger partial charge in [0.2, 0.25) is 0 Å². The van der Waals surface area contributed by atoms with Crippen LogP contribution in [0.4, 0.5) is 13.2 Å². The summed E-state index contributed by atoms with van der Waals surface area (Å²) in [5.74, 6) is 0. The molecule has 0 spiro atoms. The smallest absolute Gasteiger partial charge is 0.376 e. The molecule has 4 heteroatoms. The van der Waals surface area contributed by atoms with Gasteiger partial charge < -0.3 is 5.11 Å². The number of benzene rings is 2. The van der Waals surface area contributed by atoms with Gasteiger partial charge in [0, 0.05) is 5.56 Å². The molecule has 1 atom stereocenters. The van der Waals surface area contributed by atoms with Crippen LogP contribution in [0.3, 0.4) is 0 Å². The molecule has 1 aliphatic rings. The summed E-state index contributed by atoms with van der Waals surface area (Å²) in [5.41, 5.74) is -0.769. The van der Waals surface area contributed by atoms with Gasteiger partial charge in [-0.3, -0.25) is 0 Å². The predicted molar refractivity (Wildman–Crippen MR) is 67.0 cm³/mol. The Labute approximate surface area is 108 Å². The van der Waals surface area contributed by atoms with Gasteiger partial charge in [0.25, 0.3) is 0 Å². The van der Waals surface area contributed by atoms with Crippen molar-refractivity contribution in [2.75, 3.05) is 0 Å². The fourth-order valence-electron chi connectivity index (χ4n) is 2.82. The van der Waals surface area contributed by atoms with E-state index in [0.29, 0.717) is 5.39 Å². The molecule has 19 heavy (non-hydrogen) atoms. The van der Waals surface area contributed by atoms with E-state index in [9.17, 15) is 18.3 Å². The Hall–Kier alpha value is -1.55. The molecule has 1 N–H and O–H groups in total. The minimum Gasteiger partial charge on any atom is -0.376 e. The number of hydrogen-bond donors (Lipinski definition) is 1. The summed E-state index contributed by atoms with van der Waals surface area (Å²) in [5, 5.41) is 11.3. The van der Waals surface area contributed by atoms with Crippen LogP contribution < -0.4 is 0 Å². The van der Waals surface area contributed by atoms with Gasteiger partial charge in [-0.2, -0.15) is 13.2 Å². The number of hydrogen-bond acceptors (Lipinski definition) is 1. The van der Waals surface area contributed by atoms with Gasteiger partial charge in [-0.15, -0.1) is 0 Å². The average Bonchev–Trinajstić information content (AvgIpc) is 2.73. The molecule has 0 fully saturated rings. The van der Waals surface area contributed by atoms with Gasteiger partial charge in [-0.1, -0.05) is 30.3 Å². The van der Waals surface area contributed by atoms with Gasteiger partial charge in [0.1, 0.15) is 0 Å². The highest BCUT2D eigenvalue weighted by atomic mass is 19.4. The van der Waals surface area contributed by atoms with Gasteiger partial charge in [0.05, 0.1) is 0 Å². The van der Waals surface area contributed by atoms with Gasteiger partial charge in [-0.25, -0.2) is 0 Å². The molecule has 3 rings (SSSR count). The highest BCUT2D eigenvalue weighted by Gasteiger charge is 2.51. The maximum atomic E-state index is 13.0. The van der Waals surface area contributed by atoms with Crippen molar-refractivity contribution in [3.8, 4) is 0 Å². The molecular formula is C15H13F3O. The first-order valence-electron chi connectivity index (χ1n) is 6.15. The lowest BCUT2D eigenvalue weighted by molar-refractivity contribution is -0.258. The monoisotopic (exact) mass is 266 g/mol. The van der Waals surface area contributed by atoms with E-state index in [4.69, 9.17) is 0 Å². The van der Waals surface area contributed by atoms with Gasteiger partial charge in [0.15, 0.2) is 5.60 Å². The van der Waals surface area contributed by atoms with E-state index in [1.807, 2.05) is 6.07 Å². The topological polar surface area (TPSA) is 20.2 Å². The third-order valence-corrected chi connectivity index (χ3v) is 3.95. The second-order valence-electron chi connectivity index (χ2n) is 5.18. The van der Waals surface area contributed by atoms with Crippen LogP contribution in [0, 0.1) is 0 Å². The van der Waals surface area contributed by atoms with Crippen molar-refractivity contribution in [3.05, 3.63) is 47.0 Å². The van der Waals surface area contributed by atoms with E-state index in [1.54, 1.807) is 18.2 Å². The molecule has 100 valence electrons. The molecule has 1 unspecified atom stereocenters. The van der Waals surface area contributed by atoms with Gasteiger partial charge >= 0.3 is 6.18 Å². The van der Waals surface area contributed by atoms with E-state index >= 15 is 0 Å². The molecule has 2 aromatic carbocycles. The number of aryl methyl sites for hydroxylation is 2. The van der Waals surface area contributed by atoms with E-state index in [-0.39, 0.29) is 5.56 Å². The van der Waals surface area contributed by atoms with Gasteiger partial charge in [-0.05, 0) is 41.7 Å². The molecule has 0 saturated heterocycles. The number of halogens is 3. The van der Waals surface area contributed by atoms with Crippen LogP contribution in [0.2, 0.25) is 0 Å². The van der Waals surface area contributed by atoms with Crippen molar-refractivity contribution in [2.24, 2.45) is 0 Å². The van der Waals surface area contributed by atoms with Crippen LogP contribution in [0.15, 0.2) is 30.3 Å². The zero-order valence-corrected chi connectivity index (χ0v) is 10.4. The second kappa shape index (κ2) is 3.73. The molecule has 0 radical (unpaired) electrons. The second-order valence-corrected chi connectivity index (χ2v) is 5.18. The van der Waals surface area contributed by atoms with Crippen molar-refractivity contribution in [2.45, 2.75) is 31.5 Å². The quantitative estimate of drug-likeness (QED) is 0.834. The van der Waals surface area contributed by atoms with Crippen LogP contribution in [0.5, 0.6) is 0 Å². The predicted octanol–water partition coefficient (Wildman–Crippen LogP) is 3.71. The minimum atomic E-state index is -4.69. The lowest BCUT2D eigenvalue weighted by atomic mass is 9.89. The maximum absolute atomic E-state index is 13.0. The Morgan fingerprint density at radius 2 is 1.63 bits per heavy atom. The van der Waals surface area contributed by atoms with Crippen molar-refractivity contribution < 1.29 is 18.3 Å². The molecule has 0 bridgehead atoms. The fraction of sp³-hybridized carbons (Fsp3) is 0.333. The van der Waals surface area contributed by atoms with E-state index in [0.717, 1.165) is 36.3 Å². The van der Waals surface area contributed by atoms with Crippen LogP contribution in [-0.2, 0) is 18.4 Å². The van der Waals surface area contributed by atoms with Crippen molar-refractivity contribution in [1.29, 1.82) is 0 Å². The van der Waals surface area contributed by atoms with Crippen LogP contribution in [0.1, 0.15) is 23.6 Å². The Bertz CT molecular complexity index is 646. The summed E-state index contributed by atoms with van der Waals surface area (Å²) in [6, 6.07) is 8.45. The molecule has 1 nitrogen and oxygen atoms in total. The van der Waals surface area contributed by atoms with E-state index < -0.39 is 11.8 Å². The zero-order chi connectivity index (χ0) is 13.8. The largest absolute Gasteiger partial charge is 0.421 e. The zero-order valence-electron chi connectivity index (χ0n) is 10.4. The maximum Gasteiger partial charge on any atom is 0.421 e. The SMILES string of the molecule is CC(O)(c1ccc2c3c(cccc13)CC2)C(F)(F)F. The number of rotatable bonds is 1. The molecular weight excluding hydrogens is 253 g/mol. The summed E-state index contributed by atoms with van der Waals surface area (Å²) in [4.78, 5) is 0. The normalized spacial score (nSPS) is 17.7. The molecule has 1 aliphatic carbocycles. The standard InChI is InChI=1S/C15H13F3O/c1-14(19,15(16,17)18)12-8-7-10-6-5-9-3-2-4-11(12)13(9)10/h2-4,7-8,19H,5-6H2,1H3. The summed E-state index contributed by atoms with van der Waals surface area (Å²) in [7, 11) is 0. The van der Waals surface area contributed by atoms with Crippen LogP contribution in [0.25, 0.3) is 10.8 Å². The highest BCUT2D eigenvalue weighted by molar-refractivity contribution is 5.93. The minimum absolute atomic E-state index is 0.0671. The molecule has 0 heterocycles. The fourth-order valence-corrected chi connectivity index (χ4v) is 2.82. The third-order valence-electron chi connectivity index (χ3n) is 3.95. The van der Waals surface area contributed by atoms with Crippen LogP contribution >= 0.6 is 0 Å². The summed E-state index contributed by atoms with van der Waals surface area (Å²) in [6.45, 7) is 0.812. The molecule has 0 amide bonds. The Balaban J connectivity index is 2.33. The van der Waals surface area contributed by atoms with Crippen LogP contribution in [-0.4, -0.2) is 11.3 Å². The summed E-state index contributed by atoms with van der Waals surface area (Å²) < 4.78 is 39.0. The third kappa shape index (κ3) is 1.66. The summed E-state index contributed by atoms with van der Waals surface area (Å²) in [6.07, 6.45) is -2.99. The van der Waals surface area contributed by atoms with Crippen molar-refractivity contribution in [3.63, 3.8) is 0 Å². The van der Waals surface area contributed by atoms with Crippen molar-refractivity contribution >= 4 is 10.8 Å². The lowest BCUT2D eigenvalue weighted by Crippen LogP contribution is -2.39. The Morgan fingerprint density at radius 1 is 1.00 bits per heavy atom. The molecule has 0 aromatic heterocycles. The first kappa shape index (κ1) is 12.5. The highest BCUT2D eigenvalue weighted by Crippen LogP contribution is 2.43. The molecule has 0 saturated carbocycles. The van der Waals surface area contributed by atoms with Crippen molar-refractivity contribution in [1.82, 2.24) is 0 Å². The molecule has 2 aromatic rings. The Kier molecular flexibility index (Phi) is 2.45. The number of aliphatic hydroxyl groups is 1. The average molecular weight is 266 g/mol.